The highest BCUT2D eigenvalue weighted by Gasteiger charge is 2.32. The minimum atomic E-state index is -1.16. The molecule has 4 aromatic rings. The lowest BCUT2D eigenvalue weighted by atomic mass is 10.1. The molecule has 10 heteroatoms. The fourth-order valence-electron chi connectivity index (χ4n) is 3.38. The molecular weight excluding hydrogens is 382 g/mol. The van der Waals surface area contributed by atoms with Gasteiger partial charge >= 0.3 is 0 Å². The molecule has 1 aliphatic carbocycles. The Morgan fingerprint density at radius 3 is 2.79 bits per heavy atom. The lowest BCUT2D eigenvalue weighted by molar-refractivity contribution is 0.206. The number of hydrogen-bond acceptors (Lipinski definition) is 6. The lowest BCUT2D eigenvalue weighted by Gasteiger charge is -2.15. The number of benzene rings is 1. The first-order valence-electron chi connectivity index (χ1n) is 9.01. The van der Waals surface area contributed by atoms with E-state index in [-0.39, 0.29) is 23.0 Å². The van der Waals surface area contributed by atoms with E-state index in [1.54, 1.807) is 23.1 Å². The number of fused-ring (bicyclic) bond motifs is 1. The van der Waals surface area contributed by atoms with Crippen LogP contribution < -0.4 is 4.74 Å². The Balaban J connectivity index is 1.57. The first-order chi connectivity index (χ1) is 14.1. The van der Waals surface area contributed by atoms with Gasteiger partial charge in [-0.1, -0.05) is 5.21 Å². The van der Waals surface area contributed by atoms with Gasteiger partial charge in [0, 0.05) is 18.1 Å². The summed E-state index contributed by atoms with van der Waals surface area (Å²) < 4.78 is 36.0. The predicted octanol–water partition coefficient (Wildman–Crippen LogP) is 2.56. The first kappa shape index (κ1) is 17.7. The molecule has 0 radical (unpaired) electrons. The fourth-order valence-corrected chi connectivity index (χ4v) is 3.38. The summed E-state index contributed by atoms with van der Waals surface area (Å²) in [5, 5.41) is 18.9. The van der Waals surface area contributed by atoms with Crippen molar-refractivity contribution in [2.24, 2.45) is 0 Å². The number of halogens is 2. The summed E-state index contributed by atoms with van der Waals surface area (Å²) in [5.41, 5.74) is 2.11. The molecule has 0 spiro atoms. The van der Waals surface area contributed by atoms with Crippen molar-refractivity contribution < 1.29 is 18.6 Å². The number of hydrogen-bond donors (Lipinski definition) is 1. The van der Waals surface area contributed by atoms with Crippen LogP contribution in [0.15, 0.2) is 37.1 Å². The molecule has 148 valence electrons. The third-order valence-electron chi connectivity index (χ3n) is 5.01. The van der Waals surface area contributed by atoms with Crippen molar-refractivity contribution in [3.8, 4) is 11.4 Å². The van der Waals surface area contributed by atoms with Crippen molar-refractivity contribution in [1.82, 2.24) is 29.4 Å². The number of aliphatic hydroxyl groups is 1. The Labute approximate surface area is 163 Å². The number of imidazole rings is 1. The SMILES string of the molecule is COc1cc(F)c(-n2cc(C(O)c3c(C4CC4)ncc4cncn34)nn2)cc1F. The van der Waals surface area contributed by atoms with E-state index < -0.39 is 17.7 Å². The van der Waals surface area contributed by atoms with Crippen LogP contribution in [0, 0.1) is 11.6 Å². The first-order valence-corrected chi connectivity index (χ1v) is 9.01. The Kier molecular flexibility index (Phi) is 4.02. The zero-order chi connectivity index (χ0) is 20.1. The summed E-state index contributed by atoms with van der Waals surface area (Å²) in [4.78, 5) is 8.61. The van der Waals surface area contributed by atoms with Crippen molar-refractivity contribution in [3.05, 3.63) is 65.8 Å². The maximum Gasteiger partial charge on any atom is 0.167 e. The summed E-state index contributed by atoms with van der Waals surface area (Å²) in [6.07, 6.45) is 7.16. The summed E-state index contributed by atoms with van der Waals surface area (Å²) in [5.74, 6) is -1.40. The van der Waals surface area contributed by atoms with E-state index in [0.29, 0.717) is 5.69 Å². The molecule has 0 bridgehead atoms. The molecule has 8 nitrogen and oxygen atoms in total. The average molecular weight is 398 g/mol. The maximum atomic E-state index is 14.4. The number of rotatable bonds is 5. The summed E-state index contributed by atoms with van der Waals surface area (Å²) in [6.45, 7) is 0. The second-order valence-electron chi connectivity index (χ2n) is 6.92. The van der Waals surface area contributed by atoms with Gasteiger partial charge in [0.15, 0.2) is 17.4 Å². The minimum absolute atomic E-state index is 0.143. The van der Waals surface area contributed by atoms with E-state index in [9.17, 15) is 13.9 Å². The van der Waals surface area contributed by atoms with E-state index in [4.69, 9.17) is 4.74 Å². The number of nitrogens with zero attached hydrogens (tertiary/aromatic N) is 6. The highest BCUT2D eigenvalue weighted by Crippen LogP contribution is 2.42. The number of aromatic nitrogens is 6. The number of ether oxygens (including phenoxy) is 1. The van der Waals surface area contributed by atoms with Crippen LogP contribution in [-0.2, 0) is 0 Å². The molecule has 5 rings (SSSR count). The lowest BCUT2D eigenvalue weighted by Crippen LogP contribution is -2.11. The van der Waals surface area contributed by atoms with Gasteiger partial charge in [-0.2, -0.15) is 0 Å². The van der Waals surface area contributed by atoms with E-state index in [1.807, 2.05) is 0 Å². The van der Waals surface area contributed by atoms with Crippen molar-refractivity contribution in [2.45, 2.75) is 24.9 Å². The maximum absolute atomic E-state index is 14.4. The molecule has 3 heterocycles. The van der Waals surface area contributed by atoms with Crippen LogP contribution in [0.4, 0.5) is 8.78 Å². The number of methoxy groups -OCH3 is 1. The van der Waals surface area contributed by atoms with Gasteiger partial charge in [0.25, 0.3) is 0 Å². The third-order valence-corrected chi connectivity index (χ3v) is 5.01. The quantitative estimate of drug-likeness (QED) is 0.556. The molecule has 3 aromatic heterocycles. The van der Waals surface area contributed by atoms with Crippen molar-refractivity contribution >= 4 is 5.52 Å². The molecule has 0 saturated heterocycles. The van der Waals surface area contributed by atoms with Crippen LogP contribution in [0.3, 0.4) is 0 Å². The van der Waals surface area contributed by atoms with E-state index in [0.717, 1.165) is 40.9 Å². The van der Waals surface area contributed by atoms with Gasteiger partial charge in [-0.15, -0.1) is 5.10 Å². The van der Waals surface area contributed by atoms with Gasteiger partial charge < -0.3 is 9.84 Å². The largest absolute Gasteiger partial charge is 0.494 e. The topological polar surface area (TPSA) is 90.4 Å². The molecule has 1 aliphatic rings. The Hall–Kier alpha value is -3.40. The second kappa shape index (κ2) is 6.59. The zero-order valence-corrected chi connectivity index (χ0v) is 15.3. The minimum Gasteiger partial charge on any atom is -0.494 e. The third kappa shape index (κ3) is 2.92. The van der Waals surface area contributed by atoms with E-state index in [2.05, 4.69) is 20.3 Å². The molecule has 1 saturated carbocycles. The highest BCUT2D eigenvalue weighted by atomic mass is 19.1. The van der Waals surface area contributed by atoms with Crippen LogP contribution in [0.2, 0.25) is 0 Å². The smallest absolute Gasteiger partial charge is 0.167 e. The van der Waals surface area contributed by atoms with Crippen LogP contribution in [0.5, 0.6) is 5.75 Å². The molecule has 1 N–H and O–H groups in total. The van der Waals surface area contributed by atoms with Gasteiger partial charge in [-0.05, 0) is 12.8 Å². The molecule has 1 atom stereocenters. The average Bonchev–Trinajstić information content (AvgIpc) is 3.25. The fraction of sp³-hybridized carbons (Fsp3) is 0.263. The molecule has 1 aromatic carbocycles. The molecule has 0 aliphatic heterocycles. The van der Waals surface area contributed by atoms with Gasteiger partial charge in [0.2, 0.25) is 0 Å². The molecule has 1 fully saturated rings. The normalized spacial score (nSPS) is 15.0. The van der Waals surface area contributed by atoms with E-state index >= 15 is 0 Å². The molecule has 0 amide bonds. The number of aliphatic hydroxyl groups excluding tert-OH is 1. The zero-order valence-electron chi connectivity index (χ0n) is 15.3. The molecular formula is C19H16F2N6O2. The Morgan fingerprint density at radius 1 is 1.21 bits per heavy atom. The van der Waals surface area contributed by atoms with Crippen LogP contribution in [0.1, 0.15) is 41.9 Å². The predicted molar refractivity (Wildman–Crippen MR) is 96.9 cm³/mol. The Bertz CT molecular complexity index is 1220. The van der Waals surface area contributed by atoms with Crippen molar-refractivity contribution in [1.29, 1.82) is 0 Å². The van der Waals surface area contributed by atoms with Gasteiger partial charge in [-0.3, -0.25) is 9.38 Å². The van der Waals surface area contributed by atoms with Crippen LogP contribution in [0.25, 0.3) is 11.2 Å². The second-order valence-corrected chi connectivity index (χ2v) is 6.92. The van der Waals surface area contributed by atoms with Crippen molar-refractivity contribution in [2.75, 3.05) is 7.11 Å². The summed E-state index contributed by atoms with van der Waals surface area (Å²) in [7, 11) is 1.25. The molecule has 1 unspecified atom stereocenters. The molecule has 29 heavy (non-hydrogen) atoms. The monoisotopic (exact) mass is 398 g/mol. The summed E-state index contributed by atoms with van der Waals surface area (Å²) >= 11 is 0. The standard InChI is InChI=1S/C19H16F2N6O2/c1-29-16-5-12(20)15(4-13(16)21)27-8-14(24-25-27)19(28)18-17(10-2-3-10)23-7-11-6-22-9-26(11)18/h4-10,19,28H,2-3H2,1H3. The Morgan fingerprint density at radius 2 is 2.03 bits per heavy atom. The van der Waals surface area contributed by atoms with Gasteiger partial charge in [0.05, 0.1) is 48.9 Å². The van der Waals surface area contributed by atoms with Gasteiger partial charge in [-0.25, -0.2) is 18.4 Å². The highest BCUT2D eigenvalue weighted by molar-refractivity contribution is 5.47. The van der Waals surface area contributed by atoms with Crippen LogP contribution >= 0.6 is 0 Å². The van der Waals surface area contributed by atoms with Gasteiger partial charge in [0.1, 0.15) is 17.5 Å². The van der Waals surface area contributed by atoms with E-state index in [1.165, 1.54) is 13.3 Å². The van der Waals surface area contributed by atoms with Crippen molar-refractivity contribution in [3.63, 3.8) is 0 Å². The van der Waals surface area contributed by atoms with Crippen LogP contribution in [-0.4, -0.2) is 41.6 Å². The summed E-state index contributed by atoms with van der Waals surface area (Å²) in [6, 6.07) is 1.90.